The summed E-state index contributed by atoms with van der Waals surface area (Å²) in [6.45, 7) is 0. The summed E-state index contributed by atoms with van der Waals surface area (Å²) >= 11 is 5.68. The predicted octanol–water partition coefficient (Wildman–Crippen LogP) is 1.33. The van der Waals surface area contributed by atoms with E-state index in [-0.39, 0.29) is 0 Å². The molecule has 54 valence electrons. The predicted molar refractivity (Wildman–Crippen MR) is 40.2 cm³/mol. The largest absolute Gasteiger partial charge is 0.494 e. The fourth-order valence-electron chi connectivity index (χ4n) is 0.583. The van der Waals surface area contributed by atoms with Gasteiger partial charge in [0.1, 0.15) is 5.82 Å². The number of halogens is 1. The molecule has 0 radical (unpaired) electrons. The van der Waals surface area contributed by atoms with Crippen LogP contribution in [-0.4, -0.2) is 12.1 Å². The Kier molecular flexibility index (Phi) is 1.97. The molecule has 0 unspecified atom stereocenters. The van der Waals surface area contributed by atoms with Crippen molar-refractivity contribution in [2.24, 2.45) is 0 Å². The van der Waals surface area contributed by atoms with E-state index in [0.717, 1.165) is 0 Å². The average molecular weight is 159 g/mol. The zero-order valence-corrected chi connectivity index (χ0v) is 6.22. The Morgan fingerprint density at radius 1 is 1.70 bits per heavy atom. The number of hydrogen-bond acceptors (Lipinski definition) is 3. The Morgan fingerprint density at radius 3 is 2.90 bits per heavy atom. The molecular formula is C6H7ClN2O. The number of ether oxygens (including phenoxy) is 1. The first kappa shape index (κ1) is 7.15. The third-order valence-corrected chi connectivity index (χ3v) is 1.36. The van der Waals surface area contributed by atoms with Crippen molar-refractivity contribution in [1.82, 2.24) is 4.98 Å². The smallest absolute Gasteiger partial charge is 0.155 e. The molecular weight excluding hydrogens is 152 g/mol. The second-order valence-corrected chi connectivity index (χ2v) is 2.15. The number of anilines is 1. The Bertz CT molecular complexity index is 239. The normalized spacial score (nSPS) is 9.40. The molecule has 1 heterocycles. The minimum absolute atomic E-state index is 0.394. The molecule has 1 aromatic rings. The van der Waals surface area contributed by atoms with Gasteiger partial charge in [-0.25, -0.2) is 4.98 Å². The fourth-order valence-corrected chi connectivity index (χ4v) is 0.821. The van der Waals surface area contributed by atoms with Crippen LogP contribution in [0.2, 0.25) is 5.02 Å². The monoisotopic (exact) mass is 158 g/mol. The number of pyridine rings is 1. The third-order valence-electron chi connectivity index (χ3n) is 1.06. The van der Waals surface area contributed by atoms with E-state index in [1.165, 1.54) is 13.3 Å². The van der Waals surface area contributed by atoms with Crippen LogP contribution < -0.4 is 10.5 Å². The number of nitrogens with zero attached hydrogens (tertiary/aromatic N) is 1. The molecule has 0 saturated carbocycles. The molecule has 0 aromatic carbocycles. The summed E-state index contributed by atoms with van der Waals surface area (Å²) < 4.78 is 4.85. The molecule has 1 rings (SSSR count). The summed E-state index contributed by atoms with van der Waals surface area (Å²) in [6.07, 6.45) is 1.48. The summed E-state index contributed by atoms with van der Waals surface area (Å²) in [5.74, 6) is 0.932. The van der Waals surface area contributed by atoms with Crippen molar-refractivity contribution in [2.75, 3.05) is 12.8 Å². The lowest BCUT2D eigenvalue weighted by Gasteiger charge is -2.00. The summed E-state index contributed by atoms with van der Waals surface area (Å²) in [6, 6.07) is 1.54. The van der Waals surface area contributed by atoms with Crippen molar-refractivity contribution in [3.63, 3.8) is 0 Å². The summed E-state index contributed by atoms with van der Waals surface area (Å²) in [7, 11) is 1.53. The van der Waals surface area contributed by atoms with Gasteiger partial charge >= 0.3 is 0 Å². The van der Waals surface area contributed by atoms with Crippen LogP contribution in [0.25, 0.3) is 0 Å². The molecule has 0 aliphatic heterocycles. The van der Waals surface area contributed by atoms with Gasteiger partial charge in [-0.05, 0) is 0 Å². The van der Waals surface area contributed by atoms with Gasteiger partial charge in [0, 0.05) is 6.07 Å². The van der Waals surface area contributed by atoms with Crippen molar-refractivity contribution >= 4 is 17.4 Å². The highest BCUT2D eigenvalue weighted by atomic mass is 35.5. The summed E-state index contributed by atoms with van der Waals surface area (Å²) in [5, 5.41) is 0.481. The van der Waals surface area contributed by atoms with Gasteiger partial charge in [-0.3, -0.25) is 0 Å². The Hall–Kier alpha value is -0.960. The fraction of sp³-hybridized carbons (Fsp3) is 0.167. The number of nitrogen functional groups attached to an aromatic ring is 1. The van der Waals surface area contributed by atoms with Gasteiger partial charge in [0.05, 0.1) is 18.3 Å². The quantitative estimate of drug-likeness (QED) is 0.671. The van der Waals surface area contributed by atoms with Crippen molar-refractivity contribution in [2.45, 2.75) is 0 Å². The average Bonchev–Trinajstić information content (AvgIpc) is 1.88. The molecule has 0 amide bonds. The van der Waals surface area contributed by atoms with E-state index in [9.17, 15) is 0 Å². The molecule has 0 spiro atoms. The van der Waals surface area contributed by atoms with Crippen molar-refractivity contribution in [1.29, 1.82) is 0 Å². The maximum absolute atomic E-state index is 5.68. The third kappa shape index (κ3) is 1.30. The van der Waals surface area contributed by atoms with Crippen molar-refractivity contribution in [3.8, 4) is 5.75 Å². The Morgan fingerprint density at radius 2 is 2.40 bits per heavy atom. The zero-order chi connectivity index (χ0) is 7.56. The maximum Gasteiger partial charge on any atom is 0.155 e. The molecule has 0 aliphatic rings. The lowest BCUT2D eigenvalue weighted by Crippen LogP contribution is -1.91. The molecule has 0 atom stereocenters. The van der Waals surface area contributed by atoms with E-state index in [0.29, 0.717) is 16.6 Å². The molecule has 0 saturated heterocycles. The second-order valence-electron chi connectivity index (χ2n) is 1.74. The highest BCUT2D eigenvalue weighted by Crippen LogP contribution is 2.23. The van der Waals surface area contributed by atoms with Crippen LogP contribution in [0.15, 0.2) is 12.3 Å². The molecule has 3 nitrogen and oxygen atoms in total. The first-order valence-electron chi connectivity index (χ1n) is 2.69. The summed E-state index contributed by atoms with van der Waals surface area (Å²) in [5.41, 5.74) is 5.33. The van der Waals surface area contributed by atoms with Crippen LogP contribution in [0, 0.1) is 0 Å². The number of hydrogen-bond donors (Lipinski definition) is 1. The lowest BCUT2D eigenvalue weighted by atomic mass is 10.4. The van der Waals surface area contributed by atoms with Gasteiger partial charge in [-0.1, -0.05) is 11.6 Å². The van der Waals surface area contributed by atoms with Gasteiger partial charge in [0.2, 0.25) is 0 Å². The zero-order valence-electron chi connectivity index (χ0n) is 5.47. The SMILES string of the molecule is COc1cnc(N)cc1Cl. The number of nitrogens with two attached hydrogens (primary N) is 1. The lowest BCUT2D eigenvalue weighted by molar-refractivity contribution is 0.413. The van der Waals surface area contributed by atoms with E-state index in [4.69, 9.17) is 22.1 Å². The maximum atomic E-state index is 5.68. The second kappa shape index (κ2) is 2.75. The molecule has 1 aromatic heterocycles. The number of methoxy groups -OCH3 is 1. The highest BCUT2D eigenvalue weighted by Gasteiger charge is 1.98. The molecule has 0 bridgehead atoms. The van der Waals surface area contributed by atoms with Gasteiger partial charge in [-0.15, -0.1) is 0 Å². The minimum Gasteiger partial charge on any atom is -0.494 e. The van der Waals surface area contributed by atoms with Crippen molar-refractivity contribution in [3.05, 3.63) is 17.3 Å². The number of aromatic nitrogens is 1. The van der Waals surface area contributed by atoms with Crippen molar-refractivity contribution < 1.29 is 4.74 Å². The van der Waals surface area contributed by atoms with Crippen LogP contribution in [-0.2, 0) is 0 Å². The van der Waals surface area contributed by atoms with Crippen LogP contribution in [0.4, 0.5) is 5.82 Å². The van der Waals surface area contributed by atoms with E-state index in [1.54, 1.807) is 6.07 Å². The molecule has 0 aliphatic carbocycles. The van der Waals surface area contributed by atoms with E-state index >= 15 is 0 Å². The molecule has 0 fully saturated rings. The molecule has 10 heavy (non-hydrogen) atoms. The Balaban J connectivity index is 3.07. The van der Waals surface area contributed by atoms with Crippen LogP contribution in [0.5, 0.6) is 5.75 Å². The Labute approximate surface area is 63.8 Å². The topological polar surface area (TPSA) is 48.1 Å². The van der Waals surface area contributed by atoms with E-state index < -0.39 is 0 Å². The summed E-state index contributed by atoms with van der Waals surface area (Å²) in [4.78, 5) is 3.78. The van der Waals surface area contributed by atoms with Gasteiger partial charge in [0.25, 0.3) is 0 Å². The van der Waals surface area contributed by atoms with Gasteiger partial charge in [0.15, 0.2) is 5.75 Å². The number of rotatable bonds is 1. The van der Waals surface area contributed by atoms with E-state index in [2.05, 4.69) is 4.98 Å². The van der Waals surface area contributed by atoms with Crippen LogP contribution >= 0.6 is 11.6 Å². The van der Waals surface area contributed by atoms with Gasteiger partial charge in [-0.2, -0.15) is 0 Å². The van der Waals surface area contributed by atoms with Gasteiger partial charge < -0.3 is 10.5 Å². The minimum atomic E-state index is 0.394. The standard InChI is InChI=1S/C6H7ClN2O/c1-10-5-3-9-6(8)2-4(5)7/h2-3H,1H3,(H2,8,9). The van der Waals surface area contributed by atoms with Crippen LogP contribution in [0.3, 0.4) is 0 Å². The van der Waals surface area contributed by atoms with E-state index in [1.807, 2.05) is 0 Å². The highest BCUT2D eigenvalue weighted by molar-refractivity contribution is 6.32. The van der Waals surface area contributed by atoms with Crippen LogP contribution in [0.1, 0.15) is 0 Å². The first-order chi connectivity index (χ1) is 4.74. The molecule has 2 N–H and O–H groups in total. The first-order valence-corrected chi connectivity index (χ1v) is 3.07. The molecule has 4 heteroatoms.